The Morgan fingerprint density at radius 2 is 2.00 bits per heavy atom. The standard InChI is InChI=1S/C17H23N5O/c1-21-8-5-15(6-9-21)22-10-4-14(12-22)17-20-19-16(23-17)13-3-2-7-18-11-13/h2-3,7,11,14-15H,4-6,8-10,12H2,1H3. The monoisotopic (exact) mass is 313 g/mol. The number of nitrogens with zero attached hydrogens (tertiary/aromatic N) is 5. The number of rotatable bonds is 3. The average molecular weight is 313 g/mol. The van der Waals surface area contributed by atoms with Crippen LogP contribution in [0.25, 0.3) is 11.5 Å². The van der Waals surface area contributed by atoms with E-state index in [1.54, 1.807) is 12.4 Å². The van der Waals surface area contributed by atoms with Crippen molar-refractivity contribution in [3.8, 4) is 11.5 Å². The predicted molar refractivity (Wildman–Crippen MR) is 87.0 cm³/mol. The SMILES string of the molecule is CN1CCC(N2CCC(c3nnc(-c4cccnc4)o3)C2)CC1. The van der Waals surface area contributed by atoms with Crippen molar-refractivity contribution in [3.63, 3.8) is 0 Å². The van der Waals surface area contributed by atoms with Crippen LogP contribution in [0.15, 0.2) is 28.9 Å². The van der Waals surface area contributed by atoms with E-state index in [2.05, 4.69) is 32.0 Å². The maximum atomic E-state index is 5.91. The third-order valence-corrected chi connectivity index (χ3v) is 5.12. The molecule has 2 fully saturated rings. The molecule has 0 spiro atoms. The second-order valence-corrected chi connectivity index (χ2v) is 6.70. The van der Waals surface area contributed by atoms with Crippen LogP contribution in [0.1, 0.15) is 31.1 Å². The van der Waals surface area contributed by atoms with Crippen molar-refractivity contribution < 1.29 is 4.42 Å². The molecule has 122 valence electrons. The van der Waals surface area contributed by atoms with Gasteiger partial charge in [0.25, 0.3) is 0 Å². The van der Waals surface area contributed by atoms with Crippen LogP contribution in [0.4, 0.5) is 0 Å². The van der Waals surface area contributed by atoms with Crippen LogP contribution in [0.3, 0.4) is 0 Å². The zero-order valence-electron chi connectivity index (χ0n) is 13.6. The lowest BCUT2D eigenvalue weighted by atomic mass is 10.0. The molecule has 2 aliphatic heterocycles. The van der Waals surface area contributed by atoms with E-state index in [0.717, 1.165) is 37.0 Å². The Morgan fingerprint density at radius 3 is 2.78 bits per heavy atom. The van der Waals surface area contributed by atoms with Crippen LogP contribution >= 0.6 is 0 Å². The molecule has 6 nitrogen and oxygen atoms in total. The largest absolute Gasteiger partial charge is 0.420 e. The molecule has 0 aliphatic carbocycles. The van der Waals surface area contributed by atoms with Crippen LogP contribution in [0, 0.1) is 0 Å². The zero-order chi connectivity index (χ0) is 15.6. The van der Waals surface area contributed by atoms with E-state index in [-0.39, 0.29) is 0 Å². The molecule has 4 heterocycles. The molecule has 2 saturated heterocycles. The van der Waals surface area contributed by atoms with Gasteiger partial charge in [0.2, 0.25) is 11.8 Å². The molecule has 2 aromatic rings. The normalized spacial score (nSPS) is 24.3. The van der Waals surface area contributed by atoms with Crippen LogP contribution < -0.4 is 0 Å². The van der Waals surface area contributed by atoms with Crippen molar-refractivity contribution >= 4 is 0 Å². The molecular weight excluding hydrogens is 290 g/mol. The minimum absolute atomic E-state index is 0.368. The van der Waals surface area contributed by atoms with Gasteiger partial charge in [0.15, 0.2) is 0 Å². The molecule has 1 atom stereocenters. The van der Waals surface area contributed by atoms with Crippen LogP contribution in [0.2, 0.25) is 0 Å². The van der Waals surface area contributed by atoms with E-state index in [1.165, 1.54) is 25.9 Å². The number of piperidine rings is 1. The summed E-state index contributed by atoms with van der Waals surface area (Å²) in [6.45, 7) is 4.60. The number of hydrogen-bond donors (Lipinski definition) is 0. The maximum absolute atomic E-state index is 5.91. The topological polar surface area (TPSA) is 58.3 Å². The number of hydrogen-bond acceptors (Lipinski definition) is 6. The number of likely N-dealkylation sites (tertiary alicyclic amines) is 2. The molecule has 2 aliphatic rings. The average Bonchev–Trinajstić information content (AvgIpc) is 3.26. The van der Waals surface area contributed by atoms with Crippen molar-refractivity contribution in [1.29, 1.82) is 0 Å². The summed E-state index contributed by atoms with van der Waals surface area (Å²) in [7, 11) is 2.21. The molecule has 0 saturated carbocycles. The molecule has 23 heavy (non-hydrogen) atoms. The van der Waals surface area contributed by atoms with E-state index >= 15 is 0 Å². The third-order valence-electron chi connectivity index (χ3n) is 5.12. The third kappa shape index (κ3) is 3.14. The maximum Gasteiger partial charge on any atom is 0.249 e. The highest BCUT2D eigenvalue weighted by atomic mass is 16.4. The van der Waals surface area contributed by atoms with Gasteiger partial charge in [-0.15, -0.1) is 10.2 Å². The molecule has 0 radical (unpaired) electrons. The lowest BCUT2D eigenvalue weighted by Gasteiger charge is -2.35. The zero-order valence-corrected chi connectivity index (χ0v) is 13.6. The summed E-state index contributed by atoms with van der Waals surface area (Å²) in [5, 5.41) is 8.48. The van der Waals surface area contributed by atoms with Gasteiger partial charge >= 0.3 is 0 Å². The van der Waals surface area contributed by atoms with E-state index in [9.17, 15) is 0 Å². The van der Waals surface area contributed by atoms with Crippen molar-refractivity contribution in [2.45, 2.75) is 31.2 Å². The van der Waals surface area contributed by atoms with Gasteiger partial charge in [0.1, 0.15) is 0 Å². The van der Waals surface area contributed by atoms with Gasteiger partial charge < -0.3 is 9.32 Å². The van der Waals surface area contributed by atoms with Gasteiger partial charge in [-0.05, 0) is 58.1 Å². The van der Waals surface area contributed by atoms with Gasteiger partial charge in [-0.2, -0.15) is 0 Å². The van der Waals surface area contributed by atoms with Crippen molar-refractivity contribution in [2.24, 2.45) is 0 Å². The molecule has 2 aromatic heterocycles. The fourth-order valence-electron chi connectivity index (χ4n) is 3.69. The van der Waals surface area contributed by atoms with Gasteiger partial charge in [0, 0.05) is 25.0 Å². The summed E-state index contributed by atoms with van der Waals surface area (Å²) in [5.74, 6) is 1.72. The molecule has 0 bridgehead atoms. The van der Waals surface area contributed by atoms with E-state index < -0.39 is 0 Å². The van der Waals surface area contributed by atoms with Crippen LogP contribution in [0.5, 0.6) is 0 Å². The summed E-state index contributed by atoms with van der Waals surface area (Å²) in [6.07, 6.45) is 7.16. The minimum atomic E-state index is 0.368. The summed E-state index contributed by atoms with van der Waals surface area (Å²) >= 11 is 0. The van der Waals surface area contributed by atoms with Gasteiger partial charge in [-0.25, -0.2) is 0 Å². The number of aromatic nitrogens is 3. The quantitative estimate of drug-likeness (QED) is 0.864. The highest BCUT2D eigenvalue weighted by molar-refractivity contribution is 5.50. The first-order valence-corrected chi connectivity index (χ1v) is 8.46. The van der Waals surface area contributed by atoms with Crippen LogP contribution in [-0.4, -0.2) is 64.2 Å². The second kappa shape index (κ2) is 6.37. The smallest absolute Gasteiger partial charge is 0.249 e. The van der Waals surface area contributed by atoms with Crippen molar-refractivity contribution in [1.82, 2.24) is 25.0 Å². The molecule has 1 unspecified atom stereocenters. The first-order valence-electron chi connectivity index (χ1n) is 8.46. The molecular formula is C17H23N5O. The highest BCUT2D eigenvalue weighted by Crippen LogP contribution is 2.31. The van der Waals surface area contributed by atoms with Crippen LogP contribution in [-0.2, 0) is 0 Å². The van der Waals surface area contributed by atoms with E-state index in [1.807, 2.05) is 12.1 Å². The van der Waals surface area contributed by atoms with Gasteiger partial charge in [-0.3, -0.25) is 9.88 Å². The minimum Gasteiger partial charge on any atom is -0.420 e. The Hall–Kier alpha value is -1.79. The fraction of sp³-hybridized carbons (Fsp3) is 0.588. The molecule has 0 aromatic carbocycles. The van der Waals surface area contributed by atoms with E-state index in [4.69, 9.17) is 4.42 Å². The summed E-state index contributed by atoms with van der Waals surface area (Å²) in [6, 6.07) is 4.55. The Bertz CT molecular complexity index is 635. The fourth-order valence-corrected chi connectivity index (χ4v) is 3.69. The summed E-state index contributed by atoms with van der Waals surface area (Å²) in [4.78, 5) is 9.14. The Balaban J connectivity index is 1.41. The Morgan fingerprint density at radius 1 is 1.13 bits per heavy atom. The first-order chi connectivity index (χ1) is 11.3. The summed E-state index contributed by atoms with van der Waals surface area (Å²) in [5.41, 5.74) is 0.886. The lowest BCUT2D eigenvalue weighted by Crippen LogP contribution is -2.42. The molecule has 0 N–H and O–H groups in total. The first kappa shape index (κ1) is 14.8. The lowest BCUT2D eigenvalue weighted by molar-refractivity contribution is 0.141. The molecule has 4 rings (SSSR count). The van der Waals surface area contributed by atoms with E-state index in [0.29, 0.717) is 11.8 Å². The highest BCUT2D eigenvalue weighted by Gasteiger charge is 2.33. The van der Waals surface area contributed by atoms with Crippen molar-refractivity contribution in [3.05, 3.63) is 30.4 Å². The predicted octanol–water partition coefficient (Wildman–Crippen LogP) is 2.02. The molecule has 6 heteroatoms. The van der Waals surface area contributed by atoms with Gasteiger partial charge in [0.05, 0.1) is 11.5 Å². The van der Waals surface area contributed by atoms with Gasteiger partial charge in [-0.1, -0.05) is 0 Å². The summed E-state index contributed by atoms with van der Waals surface area (Å²) < 4.78 is 5.91. The Kier molecular flexibility index (Phi) is 4.10. The Labute approximate surface area is 136 Å². The second-order valence-electron chi connectivity index (χ2n) is 6.70. The number of pyridine rings is 1. The molecule has 0 amide bonds. The van der Waals surface area contributed by atoms with Crippen molar-refractivity contribution in [2.75, 3.05) is 33.2 Å².